The largest absolute Gasteiger partial charge is 0.506 e. The van der Waals surface area contributed by atoms with Crippen LogP contribution in [0.2, 0.25) is 0 Å². The van der Waals surface area contributed by atoms with Crippen molar-refractivity contribution in [2.45, 2.75) is 0 Å². The highest BCUT2D eigenvalue weighted by atomic mass is 16.3. The Bertz CT molecular complexity index is 772. The number of anilines is 1. The van der Waals surface area contributed by atoms with Crippen molar-refractivity contribution in [2.24, 2.45) is 0 Å². The summed E-state index contributed by atoms with van der Waals surface area (Å²) in [6.07, 6.45) is 1.52. The van der Waals surface area contributed by atoms with Gasteiger partial charge in [0.25, 0.3) is 5.91 Å². The Morgan fingerprint density at radius 2 is 1.90 bits per heavy atom. The maximum absolute atomic E-state index is 12.1. The molecule has 3 rings (SSSR count). The number of phenolic OH excluding ortho intramolecular Hbond substituents is 1. The quantitative estimate of drug-likeness (QED) is 0.746. The van der Waals surface area contributed by atoms with Gasteiger partial charge in [0.1, 0.15) is 5.75 Å². The zero-order valence-corrected chi connectivity index (χ0v) is 10.4. The lowest BCUT2D eigenvalue weighted by Crippen LogP contribution is -2.13. The molecule has 0 radical (unpaired) electrons. The van der Waals surface area contributed by atoms with Crippen LogP contribution in [0.15, 0.2) is 54.7 Å². The molecule has 20 heavy (non-hydrogen) atoms. The average molecular weight is 265 g/mol. The number of nitrogens with zero attached hydrogens (tertiary/aromatic N) is 2. The van der Waals surface area contributed by atoms with Crippen molar-refractivity contribution in [3.05, 3.63) is 60.3 Å². The lowest BCUT2D eigenvalue weighted by atomic mass is 10.0. The maximum Gasteiger partial charge on any atom is 0.260 e. The molecule has 2 aromatic carbocycles. The summed E-state index contributed by atoms with van der Waals surface area (Å²) in [5.41, 5.74) is 0.203. The number of hydrogen-bond donors (Lipinski definition) is 2. The first-order chi connectivity index (χ1) is 9.75. The molecule has 0 saturated heterocycles. The third kappa shape index (κ3) is 2.16. The highest BCUT2D eigenvalue weighted by Crippen LogP contribution is 2.28. The van der Waals surface area contributed by atoms with Gasteiger partial charge in [0.15, 0.2) is 5.82 Å². The van der Waals surface area contributed by atoms with E-state index >= 15 is 0 Å². The second-order valence-electron chi connectivity index (χ2n) is 4.25. The van der Waals surface area contributed by atoms with Crippen molar-refractivity contribution < 1.29 is 9.90 Å². The molecule has 0 aliphatic heterocycles. The van der Waals surface area contributed by atoms with Crippen molar-refractivity contribution in [2.75, 3.05) is 5.32 Å². The number of carbonyl (C=O) groups excluding carboxylic acids is 1. The lowest BCUT2D eigenvalue weighted by Gasteiger charge is -2.08. The smallest absolute Gasteiger partial charge is 0.260 e. The Balaban J connectivity index is 1.98. The lowest BCUT2D eigenvalue weighted by molar-refractivity contribution is 0.102. The van der Waals surface area contributed by atoms with Crippen molar-refractivity contribution in [3.63, 3.8) is 0 Å². The van der Waals surface area contributed by atoms with Crippen LogP contribution in [0.3, 0.4) is 0 Å². The van der Waals surface area contributed by atoms with Gasteiger partial charge in [-0.25, -0.2) is 0 Å². The minimum atomic E-state index is -0.422. The fourth-order valence-corrected chi connectivity index (χ4v) is 1.99. The van der Waals surface area contributed by atoms with E-state index in [0.29, 0.717) is 11.2 Å². The molecular formula is C15H11N3O2. The molecule has 0 fully saturated rings. The van der Waals surface area contributed by atoms with Crippen LogP contribution in [0.4, 0.5) is 5.82 Å². The highest BCUT2D eigenvalue weighted by Gasteiger charge is 2.14. The number of hydrogen-bond acceptors (Lipinski definition) is 4. The third-order valence-corrected chi connectivity index (χ3v) is 2.96. The normalized spacial score (nSPS) is 10.4. The summed E-state index contributed by atoms with van der Waals surface area (Å²) in [6, 6.07) is 14.0. The SMILES string of the molecule is O=C(Nc1cccnn1)c1ccc2ccccc2c1O. The molecule has 1 aromatic heterocycles. The van der Waals surface area contributed by atoms with Crippen molar-refractivity contribution in [1.82, 2.24) is 10.2 Å². The predicted molar refractivity (Wildman–Crippen MR) is 75.6 cm³/mol. The number of fused-ring (bicyclic) bond motifs is 1. The van der Waals surface area contributed by atoms with Crippen LogP contribution in [0.1, 0.15) is 10.4 Å². The predicted octanol–water partition coefficient (Wildman–Crippen LogP) is 2.59. The van der Waals surface area contributed by atoms with Gasteiger partial charge in [-0.1, -0.05) is 30.3 Å². The number of rotatable bonds is 2. The van der Waals surface area contributed by atoms with E-state index in [-0.39, 0.29) is 11.3 Å². The van der Waals surface area contributed by atoms with Crippen molar-refractivity contribution in [1.29, 1.82) is 0 Å². The molecule has 0 aliphatic rings. The summed E-state index contributed by atoms with van der Waals surface area (Å²) in [5.74, 6) is -0.122. The first-order valence-corrected chi connectivity index (χ1v) is 6.05. The second kappa shape index (κ2) is 4.97. The summed E-state index contributed by atoms with van der Waals surface area (Å²) in [5, 5.41) is 21.8. The Hall–Kier alpha value is -2.95. The van der Waals surface area contributed by atoms with Gasteiger partial charge in [-0.05, 0) is 23.6 Å². The minimum Gasteiger partial charge on any atom is -0.506 e. The fourth-order valence-electron chi connectivity index (χ4n) is 1.99. The van der Waals surface area contributed by atoms with Crippen LogP contribution in [-0.4, -0.2) is 21.2 Å². The van der Waals surface area contributed by atoms with Crippen LogP contribution in [0.5, 0.6) is 5.75 Å². The van der Waals surface area contributed by atoms with Gasteiger partial charge < -0.3 is 10.4 Å². The molecule has 0 unspecified atom stereocenters. The van der Waals surface area contributed by atoms with E-state index in [2.05, 4.69) is 15.5 Å². The van der Waals surface area contributed by atoms with E-state index in [4.69, 9.17) is 0 Å². The fraction of sp³-hybridized carbons (Fsp3) is 0. The van der Waals surface area contributed by atoms with E-state index in [1.165, 1.54) is 6.20 Å². The maximum atomic E-state index is 12.1. The molecule has 0 atom stereocenters. The molecule has 0 saturated carbocycles. The summed E-state index contributed by atoms with van der Waals surface area (Å²) in [6.45, 7) is 0. The van der Waals surface area contributed by atoms with Gasteiger partial charge in [-0.3, -0.25) is 4.79 Å². The standard InChI is InChI=1S/C15H11N3O2/c19-14-11-5-2-1-4-10(11)7-8-12(14)15(20)17-13-6-3-9-16-18-13/h1-9,19H,(H,17,18,20). The first-order valence-electron chi connectivity index (χ1n) is 6.05. The number of phenols is 1. The van der Waals surface area contributed by atoms with E-state index in [1.54, 1.807) is 30.3 Å². The zero-order valence-electron chi connectivity index (χ0n) is 10.4. The molecule has 3 aromatic rings. The molecule has 1 heterocycles. The van der Waals surface area contributed by atoms with E-state index in [0.717, 1.165) is 5.39 Å². The first kappa shape index (κ1) is 12.1. The minimum absolute atomic E-state index is 0.0375. The van der Waals surface area contributed by atoms with E-state index in [9.17, 15) is 9.90 Å². The van der Waals surface area contributed by atoms with Gasteiger partial charge in [0.05, 0.1) is 5.56 Å². The molecule has 2 N–H and O–H groups in total. The molecule has 1 amide bonds. The number of aromatic hydroxyl groups is 1. The molecule has 0 aliphatic carbocycles. The van der Waals surface area contributed by atoms with Gasteiger partial charge in [-0.2, -0.15) is 5.10 Å². The Morgan fingerprint density at radius 1 is 1.05 bits per heavy atom. The van der Waals surface area contributed by atoms with Crippen molar-refractivity contribution in [3.8, 4) is 5.75 Å². The van der Waals surface area contributed by atoms with Crippen LogP contribution in [-0.2, 0) is 0 Å². The van der Waals surface area contributed by atoms with Gasteiger partial charge >= 0.3 is 0 Å². The summed E-state index contributed by atoms with van der Waals surface area (Å²) in [4.78, 5) is 12.1. The van der Waals surface area contributed by atoms with Crippen LogP contribution in [0, 0.1) is 0 Å². The van der Waals surface area contributed by atoms with E-state index in [1.807, 2.05) is 18.2 Å². The summed E-state index contributed by atoms with van der Waals surface area (Å²) < 4.78 is 0. The highest BCUT2D eigenvalue weighted by molar-refractivity contribution is 6.09. The van der Waals surface area contributed by atoms with Crippen molar-refractivity contribution >= 4 is 22.5 Å². The topological polar surface area (TPSA) is 75.1 Å². The molecule has 0 bridgehead atoms. The van der Waals surface area contributed by atoms with Gasteiger partial charge in [-0.15, -0.1) is 5.10 Å². The molecule has 98 valence electrons. The number of nitrogens with one attached hydrogen (secondary N) is 1. The second-order valence-corrected chi connectivity index (χ2v) is 4.25. The summed E-state index contributed by atoms with van der Waals surface area (Å²) in [7, 11) is 0. The molecular weight excluding hydrogens is 254 g/mol. The summed E-state index contributed by atoms with van der Waals surface area (Å²) >= 11 is 0. The third-order valence-electron chi connectivity index (χ3n) is 2.96. The monoisotopic (exact) mass is 265 g/mol. The average Bonchev–Trinajstić information content (AvgIpc) is 2.49. The van der Waals surface area contributed by atoms with Gasteiger partial charge in [0, 0.05) is 11.6 Å². The van der Waals surface area contributed by atoms with E-state index < -0.39 is 5.91 Å². The van der Waals surface area contributed by atoms with Crippen LogP contribution in [0.25, 0.3) is 10.8 Å². The Morgan fingerprint density at radius 3 is 2.70 bits per heavy atom. The Kier molecular flexibility index (Phi) is 3.01. The number of amides is 1. The number of aromatic nitrogens is 2. The number of benzene rings is 2. The van der Waals surface area contributed by atoms with Gasteiger partial charge in [0.2, 0.25) is 0 Å². The molecule has 5 nitrogen and oxygen atoms in total. The van der Waals surface area contributed by atoms with Crippen LogP contribution < -0.4 is 5.32 Å². The Labute approximate surface area is 114 Å². The van der Waals surface area contributed by atoms with Crippen LogP contribution >= 0.6 is 0 Å². The zero-order chi connectivity index (χ0) is 13.9. The number of carbonyl (C=O) groups is 1. The molecule has 0 spiro atoms. The molecule has 5 heteroatoms.